The number of fused-ring (bicyclic) bond motifs is 1. The maximum Gasteiger partial charge on any atom is 0.257 e. The van der Waals surface area contributed by atoms with Crippen molar-refractivity contribution in [2.45, 2.75) is 44.3 Å². The molecule has 0 saturated heterocycles. The lowest BCUT2D eigenvalue weighted by atomic mass is 10.1. The summed E-state index contributed by atoms with van der Waals surface area (Å²) in [5.41, 5.74) is 0.898. The van der Waals surface area contributed by atoms with Crippen LogP contribution in [0.1, 0.15) is 40.9 Å². The van der Waals surface area contributed by atoms with Gasteiger partial charge in [0.15, 0.2) is 6.04 Å². The van der Waals surface area contributed by atoms with Gasteiger partial charge in [-0.25, -0.2) is 0 Å². The normalized spacial score (nSPS) is 20.1. The molecule has 1 atom stereocenters. The van der Waals surface area contributed by atoms with E-state index in [1.54, 1.807) is 24.3 Å². The van der Waals surface area contributed by atoms with E-state index in [4.69, 9.17) is 0 Å². The van der Waals surface area contributed by atoms with E-state index in [1.807, 2.05) is 17.5 Å². The summed E-state index contributed by atoms with van der Waals surface area (Å²) in [6.07, 6.45) is 3.63. The largest absolute Gasteiger partial charge is 0.349 e. The molecule has 6 nitrogen and oxygen atoms in total. The van der Waals surface area contributed by atoms with Gasteiger partial charge in [-0.05, 0) is 36.4 Å². The van der Waals surface area contributed by atoms with Crippen LogP contribution in [0.25, 0.3) is 0 Å². The molecule has 1 saturated carbocycles. The van der Waals surface area contributed by atoms with Crippen molar-refractivity contribution in [2.75, 3.05) is 5.32 Å². The molecule has 140 valence electrons. The Kier molecular flexibility index (Phi) is 4.94. The number of benzene rings is 1. The smallest absolute Gasteiger partial charge is 0.257 e. The molecule has 3 amide bonds. The average molecular weight is 383 g/mol. The molecule has 1 unspecified atom stereocenters. The van der Waals surface area contributed by atoms with Crippen molar-refractivity contribution in [1.29, 1.82) is 0 Å². The first-order chi connectivity index (χ1) is 13.1. The first kappa shape index (κ1) is 17.7. The minimum absolute atomic E-state index is 0.0908. The van der Waals surface area contributed by atoms with Crippen molar-refractivity contribution >= 4 is 34.7 Å². The van der Waals surface area contributed by atoms with E-state index in [0.717, 1.165) is 30.6 Å². The van der Waals surface area contributed by atoms with Crippen molar-refractivity contribution in [2.24, 2.45) is 0 Å². The summed E-state index contributed by atoms with van der Waals surface area (Å²) in [6.45, 7) is 0.347. The second-order valence-corrected chi connectivity index (χ2v) is 7.92. The number of nitrogens with zero attached hydrogens (tertiary/aromatic N) is 1. The third-order valence-electron chi connectivity index (χ3n) is 5.16. The van der Waals surface area contributed by atoms with Crippen molar-refractivity contribution < 1.29 is 14.4 Å². The van der Waals surface area contributed by atoms with Crippen LogP contribution in [-0.4, -0.2) is 34.7 Å². The van der Waals surface area contributed by atoms with Crippen LogP contribution >= 0.6 is 11.3 Å². The fourth-order valence-electron chi connectivity index (χ4n) is 3.85. The van der Waals surface area contributed by atoms with Gasteiger partial charge in [0.2, 0.25) is 0 Å². The van der Waals surface area contributed by atoms with E-state index in [2.05, 4.69) is 10.6 Å². The quantitative estimate of drug-likeness (QED) is 0.797. The van der Waals surface area contributed by atoms with Crippen LogP contribution in [0.4, 0.5) is 5.69 Å². The summed E-state index contributed by atoms with van der Waals surface area (Å²) in [4.78, 5) is 41.7. The summed E-state index contributed by atoms with van der Waals surface area (Å²) in [7, 11) is 0. The number of anilines is 1. The second kappa shape index (κ2) is 7.52. The SMILES string of the molecule is O=C(NCc1cccs1)C1C(=O)Nc2ccccc2C(=O)N1C1CCCC1. The highest BCUT2D eigenvalue weighted by atomic mass is 32.1. The zero-order valence-electron chi connectivity index (χ0n) is 14.8. The molecule has 1 fully saturated rings. The fourth-order valence-corrected chi connectivity index (χ4v) is 4.50. The molecule has 1 aromatic carbocycles. The third kappa shape index (κ3) is 3.47. The van der Waals surface area contributed by atoms with Gasteiger partial charge in [-0.15, -0.1) is 11.3 Å². The zero-order chi connectivity index (χ0) is 18.8. The van der Waals surface area contributed by atoms with Crippen LogP contribution in [0.5, 0.6) is 0 Å². The zero-order valence-corrected chi connectivity index (χ0v) is 15.6. The fraction of sp³-hybridized carbons (Fsp3) is 0.350. The average Bonchev–Trinajstić information content (AvgIpc) is 3.36. The summed E-state index contributed by atoms with van der Waals surface area (Å²) < 4.78 is 0. The van der Waals surface area contributed by atoms with Gasteiger partial charge >= 0.3 is 0 Å². The van der Waals surface area contributed by atoms with Crippen LogP contribution in [0.15, 0.2) is 41.8 Å². The molecule has 2 aromatic rings. The Hall–Kier alpha value is -2.67. The predicted octanol–water partition coefficient (Wildman–Crippen LogP) is 2.77. The van der Waals surface area contributed by atoms with E-state index >= 15 is 0 Å². The molecular weight excluding hydrogens is 362 g/mol. The lowest BCUT2D eigenvalue weighted by molar-refractivity contribution is -0.134. The summed E-state index contributed by atoms with van der Waals surface area (Å²) in [6, 6.07) is 9.52. The van der Waals surface area contributed by atoms with Gasteiger partial charge in [0, 0.05) is 10.9 Å². The first-order valence-electron chi connectivity index (χ1n) is 9.18. The Bertz CT molecular complexity index is 859. The number of para-hydroxylation sites is 1. The Labute approximate surface area is 161 Å². The Morgan fingerprint density at radius 3 is 2.67 bits per heavy atom. The number of carbonyl (C=O) groups excluding carboxylic acids is 3. The van der Waals surface area contributed by atoms with Crippen LogP contribution in [0.2, 0.25) is 0 Å². The summed E-state index contributed by atoms with van der Waals surface area (Å²) >= 11 is 1.54. The van der Waals surface area contributed by atoms with Gasteiger partial charge in [-0.1, -0.05) is 31.0 Å². The van der Waals surface area contributed by atoms with E-state index in [1.165, 1.54) is 16.2 Å². The lowest BCUT2D eigenvalue weighted by Crippen LogP contribution is -2.57. The maximum atomic E-state index is 13.3. The van der Waals surface area contributed by atoms with Crippen molar-refractivity contribution in [1.82, 2.24) is 10.2 Å². The molecule has 1 aliphatic heterocycles. The molecule has 1 aromatic heterocycles. The van der Waals surface area contributed by atoms with Gasteiger partial charge < -0.3 is 15.5 Å². The summed E-state index contributed by atoms with van der Waals surface area (Å²) in [5.74, 6) is -1.15. The monoisotopic (exact) mass is 383 g/mol. The van der Waals surface area contributed by atoms with E-state index in [9.17, 15) is 14.4 Å². The molecule has 7 heteroatoms. The second-order valence-electron chi connectivity index (χ2n) is 6.89. The highest BCUT2D eigenvalue weighted by Gasteiger charge is 2.43. The van der Waals surface area contributed by atoms with E-state index in [-0.39, 0.29) is 11.9 Å². The molecular formula is C20H21N3O3S. The Morgan fingerprint density at radius 2 is 1.93 bits per heavy atom. The van der Waals surface area contributed by atoms with Gasteiger partial charge in [0.05, 0.1) is 17.8 Å². The van der Waals surface area contributed by atoms with Crippen LogP contribution in [0, 0.1) is 0 Å². The number of rotatable bonds is 4. The molecule has 0 radical (unpaired) electrons. The van der Waals surface area contributed by atoms with Gasteiger partial charge in [-0.2, -0.15) is 0 Å². The highest BCUT2D eigenvalue weighted by Crippen LogP contribution is 2.31. The first-order valence-corrected chi connectivity index (χ1v) is 10.1. The number of thiophene rings is 1. The van der Waals surface area contributed by atoms with Crippen LogP contribution < -0.4 is 10.6 Å². The third-order valence-corrected chi connectivity index (χ3v) is 6.04. The molecule has 2 heterocycles. The molecule has 2 aliphatic rings. The Balaban J connectivity index is 1.65. The van der Waals surface area contributed by atoms with Gasteiger partial charge in [0.25, 0.3) is 17.7 Å². The van der Waals surface area contributed by atoms with Crippen LogP contribution in [-0.2, 0) is 16.1 Å². The molecule has 0 spiro atoms. The van der Waals surface area contributed by atoms with Gasteiger partial charge in [-0.3, -0.25) is 14.4 Å². The minimum atomic E-state index is -1.16. The topological polar surface area (TPSA) is 78.5 Å². The van der Waals surface area contributed by atoms with Crippen molar-refractivity contribution in [3.63, 3.8) is 0 Å². The highest BCUT2D eigenvalue weighted by molar-refractivity contribution is 7.09. The van der Waals surface area contributed by atoms with Crippen molar-refractivity contribution in [3.05, 3.63) is 52.2 Å². The molecule has 4 rings (SSSR count). The van der Waals surface area contributed by atoms with Crippen LogP contribution in [0.3, 0.4) is 0 Å². The minimum Gasteiger partial charge on any atom is -0.349 e. The standard InChI is InChI=1S/C20H21N3O3S/c24-18(21-12-14-8-5-11-27-14)17-19(25)22-16-10-4-3-9-15(16)20(26)23(17)13-6-1-2-7-13/h3-5,8-11,13,17H,1-2,6-7,12H2,(H,21,24)(H,22,25). The molecule has 2 N–H and O–H groups in total. The van der Waals surface area contributed by atoms with E-state index < -0.39 is 17.9 Å². The molecule has 27 heavy (non-hydrogen) atoms. The van der Waals surface area contributed by atoms with E-state index in [0.29, 0.717) is 17.8 Å². The molecule has 1 aliphatic carbocycles. The lowest BCUT2D eigenvalue weighted by Gasteiger charge is -2.33. The maximum absolute atomic E-state index is 13.3. The number of nitrogens with one attached hydrogen (secondary N) is 2. The van der Waals surface area contributed by atoms with Gasteiger partial charge in [0.1, 0.15) is 0 Å². The van der Waals surface area contributed by atoms with Crippen molar-refractivity contribution in [3.8, 4) is 0 Å². The summed E-state index contributed by atoms with van der Waals surface area (Å²) in [5, 5.41) is 7.54. The number of amides is 3. The number of hydrogen-bond donors (Lipinski definition) is 2. The predicted molar refractivity (Wildman–Crippen MR) is 103 cm³/mol. The number of hydrogen-bond acceptors (Lipinski definition) is 4. The number of carbonyl (C=O) groups is 3. The molecule has 0 bridgehead atoms. The Morgan fingerprint density at radius 1 is 1.15 bits per heavy atom.